The van der Waals surface area contributed by atoms with Crippen molar-refractivity contribution >= 4 is 5.91 Å². The summed E-state index contributed by atoms with van der Waals surface area (Å²) in [6.45, 7) is 8.67. The summed E-state index contributed by atoms with van der Waals surface area (Å²) in [6.07, 6.45) is 3.68. The van der Waals surface area contributed by atoms with Crippen LogP contribution in [0.5, 0.6) is 0 Å². The number of hydrogen-bond donors (Lipinski definition) is 1. The standard InChI is InChI=1S/C11H19N3O/c1-5-14-7-10(6-12-14)9(4)11(15)13-8(2)3/h6-9H,5H2,1-4H3,(H,13,15). The van der Waals surface area contributed by atoms with Gasteiger partial charge in [-0.25, -0.2) is 0 Å². The highest BCUT2D eigenvalue weighted by molar-refractivity contribution is 5.83. The van der Waals surface area contributed by atoms with E-state index in [9.17, 15) is 4.79 Å². The summed E-state index contributed by atoms with van der Waals surface area (Å²) in [4.78, 5) is 11.7. The molecule has 1 amide bonds. The predicted molar refractivity (Wildman–Crippen MR) is 59.6 cm³/mol. The number of nitrogens with one attached hydrogen (secondary N) is 1. The second kappa shape index (κ2) is 4.96. The number of hydrogen-bond acceptors (Lipinski definition) is 2. The number of amides is 1. The van der Waals surface area contributed by atoms with E-state index in [0.717, 1.165) is 12.1 Å². The zero-order valence-electron chi connectivity index (χ0n) is 9.82. The Hall–Kier alpha value is -1.32. The molecule has 84 valence electrons. The Labute approximate surface area is 90.7 Å². The van der Waals surface area contributed by atoms with E-state index in [0.29, 0.717) is 0 Å². The Kier molecular flexibility index (Phi) is 3.88. The third-order valence-electron chi connectivity index (χ3n) is 2.30. The Morgan fingerprint density at radius 3 is 2.67 bits per heavy atom. The quantitative estimate of drug-likeness (QED) is 0.817. The van der Waals surface area contributed by atoms with Crippen LogP contribution in [0.25, 0.3) is 0 Å². The molecule has 0 bridgehead atoms. The van der Waals surface area contributed by atoms with Gasteiger partial charge in [0.05, 0.1) is 12.1 Å². The molecule has 4 nitrogen and oxygen atoms in total. The SMILES string of the molecule is CCn1cc(C(C)C(=O)NC(C)C)cn1. The van der Waals surface area contributed by atoms with Crippen molar-refractivity contribution in [2.24, 2.45) is 0 Å². The zero-order chi connectivity index (χ0) is 11.4. The van der Waals surface area contributed by atoms with E-state index in [1.807, 2.05) is 38.6 Å². The van der Waals surface area contributed by atoms with Gasteiger partial charge in [0.2, 0.25) is 5.91 Å². The molecular formula is C11H19N3O. The summed E-state index contributed by atoms with van der Waals surface area (Å²) in [5.41, 5.74) is 0.968. The zero-order valence-corrected chi connectivity index (χ0v) is 9.82. The van der Waals surface area contributed by atoms with Gasteiger partial charge in [0.1, 0.15) is 0 Å². The molecular weight excluding hydrogens is 190 g/mol. The first-order chi connectivity index (χ1) is 7.04. The average Bonchev–Trinajstić information content (AvgIpc) is 2.63. The van der Waals surface area contributed by atoms with Crippen LogP contribution in [0.4, 0.5) is 0 Å². The molecule has 1 atom stereocenters. The number of rotatable bonds is 4. The van der Waals surface area contributed by atoms with Crippen LogP contribution in [0.15, 0.2) is 12.4 Å². The van der Waals surface area contributed by atoms with Crippen molar-refractivity contribution in [1.29, 1.82) is 0 Å². The van der Waals surface area contributed by atoms with Gasteiger partial charge in [0.15, 0.2) is 0 Å². The van der Waals surface area contributed by atoms with Crippen molar-refractivity contribution in [2.75, 3.05) is 0 Å². The maximum Gasteiger partial charge on any atom is 0.227 e. The van der Waals surface area contributed by atoms with Crippen molar-refractivity contribution in [2.45, 2.75) is 46.2 Å². The highest BCUT2D eigenvalue weighted by Crippen LogP contribution is 2.14. The first kappa shape index (κ1) is 11.8. The van der Waals surface area contributed by atoms with Crippen molar-refractivity contribution < 1.29 is 4.79 Å². The lowest BCUT2D eigenvalue weighted by atomic mass is 10.0. The van der Waals surface area contributed by atoms with E-state index < -0.39 is 0 Å². The van der Waals surface area contributed by atoms with Crippen LogP contribution in [0.3, 0.4) is 0 Å². The maximum absolute atomic E-state index is 11.7. The lowest BCUT2D eigenvalue weighted by Crippen LogP contribution is -2.33. The molecule has 0 radical (unpaired) electrons. The molecule has 1 aromatic rings. The van der Waals surface area contributed by atoms with E-state index in [1.165, 1.54) is 0 Å². The summed E-state index contributed by atoms with van der Waals surface area (Å²) in [5, 5.41) is 7.05. The van der Waals surface area contributed by atoms with E-state index in [1.54, 1.807) is 6.20 Å². The van der Waals surface area contributed by atoms with E-state index in [2.05, 4.69) is 10.4 Å². The molecule has 0 aliphatic carbocycles. The fourth-order valence-corrected chi connectivity index (χ4v) is 1.34. The molecule has 0 fully saturated rings. The summed E-state index contributed by atoms with van der Waals surface area (Å²) in [6, 6.07) is 0.182. The van der Waals surface area contributed by atoms with Crippen LogP contribution >= 0.6 is 0 Å². The second-order valence-electron chi connectivity index (χ2n) is 4.01. The van der Waals surface area contributed by atoms with Gasteiger partial charge in [-0.2, -0.15) is 5.10 Å². The number of carbonyl (C=O) groups excluding carboxylic acids is 1. The smallest absolute Gasteiger partial charge is 0.227 e. The van der Waals surface area contributed by atoms with Gasteiger partial charge in [-0.3, -0.25) is 9.48 Å². The predicted octanol–water partition coefficient (Wildman–Crippen LogP) is 1.53. The molecule has 1 heterocycles. The molecule has 15 heavy (non-hydrogen) atoms. The van der Waals surface area contributed by atoms with Gasteiger partial charge in [0.25, 0.3) is 0 Å². The first-order valence-corrected chi connectivity index (χ1v) is 5.37. The van der Waals surface area contributed by atoms with Gasteiger partial charge >= 0.3 is 0 Å². The molecule has 1 rings (SSSR count). The van der Waals surface area contributed by atoms with E-state index in [4.69, 9.17) is 0 Å². The third kappa shape index (κ3) is 3.08. The summed E-state index contributed by atoms with van der Waals surface area (Å²) < 4.78 is 1.83. The molecule has 1 N–H and O–H groups in total. The van der Waals surface area contributed by atoms with Crippen molar-refractivity contribution in [1.82, 2.24) is 15.1 Å². The lowest BCUT2D eigenvalue weighted by Gasteiger charge is -2.12. The Morgan fingerprint density at radius 1 is 1.53 bits per heavy atom. The fraction of sp³-hybridized carbons (Fsp3) is 0.636. The Bertz CT molecular complexity index is 330. The van der Waals surface area contributed by atoms with Gasteiger partial charge in [-0.05, 0) is 27.7 Å². The normalized spacial score (nSPS) is 12.9. The number of nitrogens with zero attached hydrogens (tertiary/aromatic N) is 2. The monoisotopic (exact) mass is 209 g/mol. The van der Waals surface area contributed by atoms with Crippen LogP contribution < -0.4 is 5.32 Å². The summed E-state index contributed by atoms with van der Waals surface area (Å²) in [5.74, 6) is -0.0756. The van der Waals surface area contributed by atoms with Crippen molar-refractivity contribution in [3.05, 3.63) is 18.0 Å². The molecule has 0 aromatic carbocycles. The van der Waals surface area contributed by atoms with Crippen LogP contribution in [0.1, 0.15) is 39.2 Å². The summed E-state index contributed by atoms with van der Waals surface area (Å²) >= 11 is 0. The van der Waals surface area contributed by atoms with Gasteiger partial charge in [0, 0.05) is 24.3 Å². The van der Waals surface area contributed by atoms with Crippen LogP contribution in [0, 0.1) is 0 Å². The topological polar surface area (TPSA) is 46.9 Å². The van der Waals surface area contributed by atoms with E-state index in [-0.39, 0.29) is 17.9 Å². The Morgan fingerprint density at radius 2 is 2.20 bits per heavy atom. The van der Waals surface area contributed by atoms with Gasteiger partial charge < -0.3 is 5.32 Å². The highest BCUT2D eigenvalue weighted by Gasteiger charge is 2.17. The summed E-state index contributed by atoms with van der Waals surface area (Å²) in [7, 11) is 0. The lowest BCUT2D eigenvalue weighted by molar-refractivity contribution is -0.122. The first-order valence-electron chi connectivity index (χ1n) is 5.37. The van der Waals surface area contributed by atoms with Gasteiger partial charge in [-0.1, -0.05) is 0 Å². The number of carbonyl (C=O) groups is 1. The number of aromatic nitrogens is 2. The van der Waals surface area contributed by atoms with E-state index >= 15 is 0 Å². The highest BCUT2D eigenvalue weighted by atomic mass is 16.1. The molecule has 4 heteroatoms. The molecule has 0 spiro atoms. The largest absolute Gasteiger partial charge is 0.353 e. The van der Waals surface area contributed by atoms with Crippen molar-refractivity contribution in [3.63, 3.8) is 0 Å². The average molecular weight is 209 g/mol. The minimum Gasteiger partial charge on any atom is -0.353 e. The van der Waals surface area contributed by atoms with Crippen molar-refractivity contribution in [3.8, 4) is 0 Å². The molecule has 1 unspecified atom stereocenters. The van der Waals surface area contributed by atoms with Crippen LogP contribution in [-0.2, 0) is 11.3 Å². The Balaban J connectivity index is 2.67. The third-order valence-corrected chi connectivity index (χ3v) is 2.30. The number of aryl methyl sites for hydroxylation is 1. The maximum atomic E-state index is 11.7. The second-order valence-corrected chi connectivity index (χ2v) is 4.01. The molecule has 0 aliphatic heterocycles. The van der Waals surface area contributed by atoms with Gasteiger partial charge in [-0.15, -0.1) is 0 Å². The molecule has 0 saturated carbocycles. The fourth-order valence-electron chi connectivity index (χ4n) is 1.34. The molecule has 1 aromatic heterocycles. The molecule has 0 saturated heterocycles. The minimum absolute atomic E-state index is 0.0562. The molecule has 0 aliphatic rings. The van der Waals surface area contributed by atoms with Crippen LogP contribution in [0.2, 0.25) is 0 Å². The van der Waals surface area contributed by atoms with Crippen LogP contribution in [-0.4, -0.2) is 21.7 Å². The minimum atomic E-state index is -0.132.